The Kier molecular flexibility index (Phi) is 3.02. The van der Waals surface area contributed by atoms with E-state index in [9.17, 15) is 0 Å². The van der Waals surface area contributed by atoms with Crippen LogP contribution in [0.25, 0.3) is 0 Å². The maximum Gasteiger partial charge on any atom is 0.131 e. The van der Waals surface area contributed by atoms with Gasteiger partial charge in [-0.05, 0) is 55.7 Å². The summed E-state index contributed by atoms with van der Waals surface area (Å²) < 4.78 is 0. The molecule has 1 aliphatic carbocycles. The first-order valence-electron chi connectivity index (χ1n) is 6.80. The highest BCUT2D eigenvalue weighted by molar-refractivity contribution is 5.51. The van der Waals surface area contributed by atoms with Crippen LogP contribution in [0.5, 0.6) is 0 Å². The van der Waals surface area contributed by atoms with E-state index < -0.39 is 0 Å². The summed E-state index contributed by atoms with van der Waals surface area (Å²) in [4.78, 5) is 7.08. The number of rotatable bonds is 3. The van der Waals surface area contributed by atoms with Gasteiger partial charge in [-0.15, -0.1) is 0 Å². The molecule has 2 atom stereocenters. The number of aromatic nitrogens is 1. The minimum Gasteiger partial charge on any atom is -0.356 e. The van der Waals surface area contributed by atoms with Crippen LogP contribution in [0.1, 0.15) is 37.2 Å². The Bertz CT molecular complexity index is 385. The molecule has 1 aliphatic heterocycles. The lowest BCUT2D eigenvalue weighted by Gasteiger charge is -2.29. The Balaban J connectivity index is 1.83. The van der Waals surface area contributed by atoms with E-state index >= 15 is 0 Å². The Morgan fingerprint density at radius 3 is 2.82 bits per heavy atom. The molecule has 92 valence electrons. The standard InChI is InChI=1S/C14H21N3/c15-10-11-9-13(11)12-5-4-6-16-14(12)17-7-2-1-3-8-17/h4-6,11,13H,1-3,7-10,15H2/t11-,13+/m0/s1. The number of nitrogens with two attached hydrogens (primary N) is 1. The predicted molar refractivity (Wildman–Crippen MR) is 70.2 cm³/mol. The van der Waals surface area contributed by atoms with Crippen molar-refractivity contribution in [2.24, 2.45) is 11.7 Å². The van der Waals surface area contributed by atoms with Gasteiger partial charge < -0.3 is 10.6 Å². The van der Waals surface area contributed by atoms with Gasteiger partial charge in [0.25, 0.3) is 0 Å². The van der Waals surface area contributed by atoms with Crippen molar-refractivity contribution in [3.8, 4) is 0 Å². The Morgan fingerprint density at radius 2 is 2.12 bits per heavy atom. The van der Waals surface area contributed by atoms with Gasteiger partial charge in [-0.25, -0.2) is 4.98 Å². The van der Waals surface area contributed by atoms with Crippen LogP contribution in [0.4, 0.5) is 5.82 Å². The molecule has 3 rings (SSSR count). The smallest absolute Gasteiger partial charge is 0.131 e. The lowest BCUT2D eigenvalue weighted by Crippen LogP contribution is -2.31. The van der Waals surface area contributed by atoms with Crippen molar-refractivity contribution in [1.82, 2.24) is 4.98 Å². The molecule has 0 aromatic carbocycles. The van der Waals surface area contributed by atoms with Gasteiger partial charge >= 0.3 is 0 Å². The molecule has 0 unspecified atom stereocenters. The van der Waals surface area contributed by atoms with Crippen molar-refractivity contribution >= 4 is 5.82 Å². The topological polar surface area (TPSA) is 42.1 Å². The summed E-state index contributed by atoms with van der Waals surface area (Å²) in [6.07, 6.45) is 7.16. The van der Waals surface area contributed by atoms with E-state index in [1.165, 1.54) is 50.2 Å². The summed E-state index contributed by atoms with van der Waals surface area (Å²) in [6.45, 7) is 3.16. The number of piperidine rings is 1. The van der Waals surface area contributed by atoms with Crippen LogP contribution >= 0.6 is 0 Å². The van der Waals surface area contributed by atoms with E-state index in [2.05, 4.69) is 22.0 Å². The zero-order valence-electron chi connectivity index (χ0n) is 10.3. The second-order valence-corrected chi connectivity index (χ2v) is 5.30. The van der Waals surface area contributed by atoms with Crippen molar-refractivity contribution in [3.63, 3.8) is 0 Å². The average molecular weight is 231 g/mol. The van der Waals surface area contributed by atoms with E-state index in [0.29, 0.717) is 11.8 Å². The third kappa shape index (κ3) is 2.16. The molecule has 1 saturated carbocycles. The highest BCUT2D eigenvalue weighted by atomic mass is 15.2. The van der Waals surface area contributed by atoms with Crippen LogP contribution < -0.4 is 10.6 Å². The summed E-state index contributed by atoms with van der Waals surface area (Å²) in [7, 11) is 0. The summed E-state index contributed by atoms with van der Waals surface area (Å²) in [5.74, 6) is 2.60. The molecule has 0 bridgehead atoms. The fourth-order valence-electron chi connectivity index (χ4n) is 2.96. The van der Waals surface area contributed by atoms with Crippen molar-refractivity contribution in [1.29, 1.82) is 0 Å². The molecule has 1 aromatic heterocycles. The fourth-order valence-corrected chi connectivity index (χ4v) is 2.96. The van der Waals surface area contributed by atoms with Gasteiger partial charge in [-0.3, -0.25) is 0 Å². The molecule has 3 nitrogen and oxygen atoms in total. The number of hydrogen-bond donors (Lipinski definition) is 1. The van der Waals surface area contributed by atoms with E-state index in [0.717, 1.165) is 6.54 Å². The van der Waals surface area contributed by atoms with E-state index in [1.54, 1.807) is 0 Å². The summed E-state index contributed by atoms with van der Waals surface area (Å²) in [6, 6.07) is 4.31. The van der Waals surface area contributed by atoms with Crippen LogP contribution in [0.2, 0.25) is 0 Å². The molecule has 2 N–H and O–H groups in total. The van der Waals surface area contributed by atoms with Gasteiger partial charge in [-0.1, -0.05) is 6.07 Å². The van der Waals surface area contributed by atoms with Gasteiger partial charge in [0.2, 0.25) is 0 Å². The van der Waals surface area contributed by atoms with Crippen LogP contribution in [0.3, 0.4) is 0 Å². The van der Waals surface area contributed by atoms with Gasteiger partial charge in [0, 0.05) is 19.3 Å². The van der Waals surface area contributed by atoms with Crippen molar-refractivity contribution in [2.45, 2.75) is 31.6 Å². The number of pyridine rings is 1. The molecule has 1 saturated heterocycles. The lowest BCUT2D eigenvalue weighted by atomic mass is 10.1. The highest BCUT2D eigenvalue weighted by Gasteiger charge is 2.39. The van der Waals surface area contributed by atoms with Gasteiger partial charge in [0.15, 0.2) is 0 Å². The molecule has 2 aliphatic rings. The third-order valence-electron chi connectivity index (χ3n) is 4.10. The normalized spacial score (nSPS) is 28.2. The van der Waals surface area contributed by atoms with Gasteiger partial charge in [-0.2, -0.15) is 0 Å². The SMILES string of the molecule is NC[C@@H]1C[C@H]1c1cccnc1N1CCCCC1. The summed E-state index contributed by atoms with van der Waals surface area (Å²) in [5.41, 5.74) is 7.19. The van der Waals surface area contributed by atoms with Gasteiger partial charge in [0.1, 0.15) is 5.82 Å². The molecule has 1 aromatic rings. The molecule has 0 amide bonds. The molecule has 0 radical (unpaired) electrons. The average Bonchev–Trinajstić information content (AvgIpc) is 3.19. The molecule has 17 heavy (non-hydrogen) atoms. The Hall–Kier alpha value is -1.09. The van der Waals surface area contributed by atoms with Crippen molar-refractivity contribution in [3.05, 3.63) is 23.9 Å². The maximum absolute atomic E-state index is 5.76. The second kappa shape index (κ2) is 4.65. The first-order valence-corrected chi connectivity index (χ1v) is 6.80. The number of anilines is 1. The number of nitrogens with zero attached hydrogens (tertiary/aromatic N) is 2. The molecular formula is C14H21N3. The first kappa shape index (κ1) is 11.0. The quantitative estimate of drug-likeness (QED) is 0.866. The van der Waals surface area contributed by atoms with Gasteiger partial charge in [0.05, 0.1) is 0 Å². The largest absolute Gasteiger partial charge is 0.356 e. The predicted octanol–water partition coefficient (Wildman–Crippen LogP) is 2.13. The number of hydrogen-bond acceptors (Lipinski definition) is 3. The van der Waals surface area contributed by atoms with Crippen molar-refractivity contribution < 1.29 is 0 Å². The van der Waals surface area contributed by atoms with Crippen LogP contribution in [0, 0.1) is 5.92 Å². The zero-order chi connectivity index (χ0) is 11.7. The van der Waals surface area contributed by atoms with Crippen LogP contribution in [-0.2, 0) is 0 Å². The summed E-state index contributed by atoms with van der Waals surface area (Å²) >= 11 is 0. The van der Waals surface area contributed by atoms with Crippen LogP contribution in [0.15, 0.2) is 18.3 Å². The molecule has 3 heteroatoms. The van der Waals surface area contributed by atoms with E-state index in [-0.39, 0.29) is 0 Å². The van der Waals surface area contributed by atoms with Crippen LogP contribution in [-0.4, -0.2) is 24.6 Å². The molecule has 0 spiro atoms. The molecule has 2 fully saturated rings. The maximum atomic E-state index is 5.76. The zero-order valence-corrected chi connectivity index (χ0v) is 10.3. The minimum atomic E-state index is 0.672. The molecular weight excluding hydrogens is 210 g/mol. The van der Waals surface area contributed by atoms with E-state index in [1.807, 2.05) is 6.20 Å². The fraction of sp³-hybridized carbons (Fsp3) is 0.643. The highest BCUT2D eigenvalue weighted by Crippen LogP contribution is 2.49. The lowest BCUT2D eigenvalue weighted by molar-refractivity contribution is 0.571. The van der Waals surface area contributed by atoms with Crippen molar-refractivity contribution in [2.75, 3.05) is 24.5 Å². The molecule has 2 heterocycles. The van der Waals surface area contributed by atoms with E-state index in [4.69, 9.17) is 5.73 Å². The first-order chi connectivity index (χ1) is 8.40. The Labute approximate surface area is 103 Å². The third-order valence-corrected chi connectivity index (χ3v) is 4.10. The summed E-state index contributed by atoms with van der Waals surface area (Å²) in [5, 5.41) is 0. The monoisotopic (exact) mass is 231 g/mol. The second-order valence-electron chi connectivity index (χ2n) is 5.30. The Morgan fingerprint density at radius 1 is 1.29 bits per heavy atom. The minimum absolute atomic E-state index is 0.672.